The molecule has 2 rings (SSSR count). The van der Waals surface area contributed by atoms with Crippen molar-refractivity contribution in [2.75, 3.05) is 6.61 Å². The summed E-state index contributed by atoms with van der Waals surface area (Å²) in [5, 5.41) is 17.6. The maximum atomic E-state index is 8.76. The van der Waals surface area contributed by atoms with E-state index in [0.29, 0.717) is 6.42 Å². The molecule has 0 aliphatic carbocycles. The molecule has 0 aliphatic heterocycles. The van der Waals surface area contributed by atoms with Crippen LogP contribution in [0.1, 0.15) is 17.7 Å². The molecule has 0 radical (unpaired) electrons. The highest BCUT2D eigenvalue weighted by molar-refractivity contribution is 6.31. The van der Waals surface area contributed by atoms with Gasteiger partial charge in [-0.05, 0) is 37.5 Å². The van der Waals surface area contributed by atoms with E-state index in [1.165, 1.54) is 0 Å². The van der Waals surface area contributed by atoms with Crippen LogP contribution < -0.4 is 0 Å². The van der Waals surface area contributed by atoms with Gasteiger partial charge in [0.2, 0.25) is 0 Å². The number of aryl methyl sites for hydroxylation is 1. The minimum atomic E-state index is 0.170. The SMILES string of the molecule is Cc1c(Cl)cccc1-n1cc(CCCO)nn1. The number of benzene rings is 1. The quantitative estimate of drug-likeness (QED) is 0.906. The van der Waals surface area contributed by atoms with Gasteiger partial charge in [0, 0.05) is 11.6 Å². The normalized spacial score (nSPS) is 10.8. The molecule has 90 valence electrons. The van der Waals surface area contributed by atoms with Gasteiger partial charge in [0.15, 0.2) is 0 Å². The van der Waals surface area contributed by atoms with E-state index in [1.54, 1.807) is 4.68 Å². The summed E-state index contributed by atoms with van der Waals surface area (Å²) >= 11 is 6.06. The summed E-state index contributed by atoms with van der Waals surface area (Å²) in [6, 6.07) is 5.69. The average molecular weight is 252 g/mol. The minimum absolute atomic E-state index is 0.170. The highest BCUT2D eigenvalue weighted by Crippen LogP contribution is 2.21. The maximum absolute atomic E-state index is 8.76. The van der Waals surface area contributed by atoms with Gasteiger partial charge in [-0.3, -0.25) is 0 Å². The third-order valence-corrected chi connectivity index (χ3v) is 3.03. The molecule has 0 bridgehead atoms. The van der Waals surface area contributed by atoms with Gasteiger partial charge in [-0.2, -0.15) is 0 Å². The first-order chi connectivity index (χ1) is 8.22. The fraction of sp³-hybridized carbons (Fsp3) is 0.333. The Morgan fingerprint density at radius 3 is 3.00 bits per heavy atom. The van der Waals surface area contributed by atoms with Gasteiger partial charge in [-0.15, -0.1) is 5.10 Å². The molecule has 17 heavy (non-hydrogen) atoms. The summed E-state index contributed by atoms with van der Waals surface area (Å²) in [5.41, 5.74) is 2.78. The predicted molar refractivity (Wildman–Crippen MR) is 66.5 cm³/mol. The minimum Gasteiger partial charge on any atom is -0.396 e. The molecule has 1 heterocycles. The Labute approximate surface area is 105 Å². The van der Waals surface area contributed by atoms with Gasteiger partial charge in [0.25, 0.3) is 0 Å². The molecule has 1 N–H and O–H groups in total. The second kappa shape index (κ2) is 5.29. The lowest BCUT2D eigenvalue weighted by molar-refractivity contribution is 0.288. The van der Waals surface area contributed by atoms with Crippen molar-refractivity contribution in [3.8, 4) is 5.69 Å². The first-order valence-electron chi connectivity index (χ1n) is 5.50. The van der Waals surface area contributed by atoms with Crippen molar-refractivity contribution in [2.24, 2.45) is 0 Å². The van der Waals surface area contributed by atoms with Crippen LogP contribution in [0.25, 0.3) is 5.69 Å². The molecule has 1 aromatic carbocycles. The molecule has 0 aliphatic rings. The van der Waals surface area contributed by atoms with Crippen LogP contribution in [0.5, 0.6) is 0 Å². The fourth-order valence-electron chi connectivity index (χ4n) is 1.64. The van der Waals surface area contributed by atoms with Crippen molar-refractivity contribution in [2.45, 2.75) is 19.8 Å². The topological polar surface area (TPSA) is 50.9 Å². The predicted octanol–water partition coefficient (Wildman–Crippen LogP) is 2.15. The summed E-state index contributed by atoms with van der Waals surface area (Å²) in [5.74, 6) is 0. The smallest absolute Gasteiger partial charge is 0.0832 e. The van der Waals surface area contributed by atoms with E-state index in [9.17, 15) is 0 Å². The average Bonchev–Trinajstić information content (AvgIpc) is 2.78. The van der Waals surface area contributed by atoms with Crippen LogP contribution in [-0.4, -0.2) is 26.7 Å². The Morgan fingerprint density at radius 2 is 2.24 bits per heavy atom. The van der Waals surface area contributed by atoms with Gasteiger partial charge < -0.3 is 5.11 Å². The first kappa shape index (κ1) is 12.1. The van der Waals surface area contributed by atoms with Gasteiger partial charge >= 0.3 is 0 Å². The van der Waals surface area contributed by atoms with Crippen LogP contribution in [0.4, 0.5) is 0 Å². The van der Waals surface area contributed by atoms with Gasteiger partial charge in [-0.1, -0.05) is 22.9 Å². The fourth-order valence-corrected chi connectivity index (χ4v) is 1.80. The van der Waals surface area contributed by atoms with E-state index in [2.05, 4.69) is 10.3 Å². The van der Waals surface area contributed by atoms with E-state index >= 15 is 0 Å². The van der Waals surface area contributed by atoms with Gasteiger partial charge in [0.1, 0.15) is 0 Å². The second-order valence-corrected chi connectivity index (χ2v) is 4.27. The molecular formula is C12H14ClN3O. The van der Waals surface area contributed by atoms with Crippen LogP contribution in [-0.2, 0) is 6.42 Å². The second-order valence-electron chi connectivity index (χ2n) is 3.87. The van der Waals surface area contributed by atoms with E-state index < -0.39 is 0 Å². The zero-order valence-corrected chi connectivity index (χ0v) is 10.4. The third-order valence-electron chi connectivity index (χ3n) is 2.62. The molecular weight excluding hydrogens is 238 g/mol. The number of halogens is 1. The largest absolute Gasteiger partial charge is 0.396 e. The molecule has 4 nitrogen and oxygen atoms in total. The van der Waals surface area contributed by atoms with Crippen molar-refractivity contribution < 1.29 is 5.11 Å². The lowest BCUT2D eigenvalue weighted by Crippen LogP contribution is -1.98. The van der Waals surface area contributed by atoms with Gasteiger partial charge in [0.05, 0.1) is 17.6 Å². The third kappa shape index (κ3) is 2.65. The van der Waals surface area contributed by atoms with Crippen molar-refractivity contribution >= 4 is 11.6 Å². The van der Waals surface area contributed by atoms with Crippen LogP contribution in [0, 0.1) is 6.92 Å². The number of hydrogen-bond donors (Lipinski definition) is 1. The van der Waals surface area contributed by atoms with E-state index in [1.807, 2.05) is 31.3 Å². The lowest BCUT2D eigenvalue weighted by atomic mass is 10.2. The zero-order chi connectivity index (χ0) is 12.3. The molecule has 0 saturated carbocycles. The Morgan fingerprint density at radius 1 is 1.41 bits per heavy atom. The molecule has 0 spiro atoms. The zero-order valence-electron chi connectivity index (χ0n) is 9.60. The van der Waals surface area contributed by atoms with Crippen LogP contribution in [0.15, 0.2) is 24.4 Å². The molecule has 0 fully saturated rings. The molecule has 0 saturated heterocycles. The number of rotatable bonds is 4. The van der Waals surface area contributed by atoms with Crippen molar-refractivity contribution in [3.05, 3.63) is 40.7 Å². The summed E-state index contributed by atoms with van der Waals surface area (Å²) in [6.45, 7) is 2.12. The first-order valence-corrected chi connectivity index (χ1v) is 5.87. The van der Waals surface area contributed by atoms with Crippen LogP contribution >= 0.6 is 11.6 Å². The lowest BCUT2D eigenvalue weighted by Gasteiger charge is -2.05. The summed E-state index contributed by atoms with van der Waals surface area (Å²) in [4.78, 5) is 0. The summed E-state index contributed by atoms with van der Waals surface area (Å²) in [7, 11) is 0. The Hall–Kier alpha value is -1.39. The maximum Gasteiger partial charge on any atom is 0.0832 e. The molecule has 0 amide bonds. The Bertz CT molecular complexity index is 510. The summed E-state index contributed by atoms with van der Waals surface area (Å²) < 4.78 is 1.72. The molecule has 1 aromatic heterocycles. The Kier molecular flexibility index (Phi) is 3.76. The van der Waals surface area contributed by atoms with E-state index in [0.717, 1.165) is 28.4 Å². The number of aromatic nitrogens is 3. The van der Waals surface area contributed by atoms with Gasteiger partial charge in [-0.25, -0.2) is 4.68 Å². The molecule has 0 unspecified atom stereocenters. The van der Waals surface area contributed by atoms with Crippen molar-refractivity contribution in [1.82, 2.24) is 15.0 Å². The van der Waals surface area contributed by atoms with Crippen LogP contribution in [0.3, 0.4) is 0 Å². The van der Waals surface area contributed by atoms with Crippen LogP contribution in [0.2, 0.25) is 5.02 Å². The standard InChI is InChI=1S/C12H14ClN3O/c1-9-11(13)5-2-6-12(9)16-8-10(14-15-16)4-3-7-17/h2,5-6,8,17H,3-4,7H2,1H3. The Balaban J connectivity index is 2.27. The van der Waals surface area contributed by atoms with Crippen molar-refractivity contribution in [1.29, 1.82) is 0 Å². The molecule has 0 atom stereocenters. The summed E-state index contributed by atoms with van der Waals surface area (Å²) in [6.07, 6.45) is 3.30. The highest BCUT2D eigenvalue weighted by Gasteiger charge is 2.07. The monoisotopic (exact) mass is 251 g/mol. The number of hydrogen-bond acceptors (Lipinski definition) is 3. The number of nitrogens with zero attached hydrogens (tertiary/aromatic N) is 3. The van der Waals surface area contributed by atoms with E-state index in [-0.39, 0.29) is 6.61 Å². The number of aliphatic hydroxyl groups excluding tert-OH is 1. The number of aliphatic hydroxyl groups is 1. The van der Waals surface area contributed by atoms with E-state index in [4.69, 9.17) is 16.7 Å². The molecule has 2 aromatic rings. The molecule has 5 heteroatoms. The highest BCUT2D eigenvalue weighted by atomic mass is 35.5. The van der Waals surface area contributed by atoms with Crippen molar-refractivity contribution in [3.63, 3.8) is 0 Å².